The van der Waals surface area contributed by atoms with Crippen molar-refractivity contribution in [3.05, 3.63) is 112 Å². The maximum absolute atomic E-state index is 12.4. The largest absolute Gasteiger partial charge is 0.496 e. The molecule has 0 atom stereocenters. The fraction of sp³-hybridized carbons (Fsp3) is 0.143. The van der Waals surface area contributed by atoms with Crippen molar-refractivity contribution >= 4 is 29.4 Å². The van der Waals surface area contributed by atoms with Crippen molar-refractivity contribution in [2.24, 2.45) is 0 Å². The summed E-state index contributed by atoms with van der Waals surface area (Å²) in [5.74, 6) is 1.71. The lowest BCUT2D eigenvalue weighted by Crippen LogP contribution is -2.09. The van der Waals surface area contributed by atoms with Gasteiger partial charge in [-0.25, -0.2) is 0 Å². The first-order chi connectivity index (χ1) is 17.0. The summed E-state index contributed by atoms with van der Waals surface area (Å²) in [5, 5.41) is 7.86. The van der Waals surface area contributed by atoms with E-state index in [0.29, 0.717) is 24.0 Å². The number of halogens is 1. The second-order valence-corrected chi connectivity index (χ2v) is 8.40. The van der Waals surface area contributed by atoms with Gasteiger partial charge in [0.15, 0.2) is 5.82 Å². The van der Waals surface area contributed by atoms with Crippen LogP contribution in [0, 0.1) is 6.92 Å². The van der Waals surface area contributed by atoms with Crippen LogP contribution in [0.15, 0.2) is 85.1 Å². The van der Waals surface area contributed by atoms with Crippen LogP contribution in [0.2, 0.25) is 5.02 Å². The van der Waals surface area contributed by atoms with Crippen LogP contribution < -0.4 is 14.8 Å². The molecule has 0 aliphatic heterocycles. The Morgan fingerprint density at radius 2 is 1.91 bits per heavy atom. The molecule has 0 saturated carbocycles. The average molecular weight is 488 g/mol. The van der Waals surface area contributed by atoms with E-state index in [1.165, 1.54) is 6.08 Å². The monoisotopic (exact) mass is 487 g/mol. The molecule has 0 fully saturated rings. The number of ether oxygens (including phenoxy) is 2. The molecule has 0 spiro atoms. The number of aromatic nitrogens is 2. The number of benzene rings is 3. The molecule has 1 amide bonds. The van der Waals surface area contributed by atoms with Gasteiger partial charge in [0.1, 0.15) is 18.1 Å². The third kappa shape index (κ3) is 6.74. The van der Waals surface area contributed by atoms with E-state index in [1.54, 1.807) is 30.1 Å². The number of nitrogens with one attached hydrogen (secondary N) is 1. The van der Waals surface area contributed by atoms with E-state index >= 15 is 0 Å². The summed E-state index contributed by atoms with van der Waals surface area (Å²) in [6.07, 6.45) is 5.01. The molecule has 0 aliphatic carbocycles. The zero-order valence-corrected chi connectivity index (χ0v) is 20.3. The summed E-state index contributed by atoms with van der Waals surface area (Å²) in [7, 11) is 1.62. The molecular weight excluding hydrogens is 462 g/mol. The summed E-state index contributed by atoms with van der Waals surface area (Å²) < 4.78 is 13.1. The molecule has 35 heavy (non-hydrogen) atoms. The highest BCUT2D eigenvalue weighted by Crippen LogP contribution is 2.23. The van der Waals surface area contributed by atoms with E-state index in [0.717, 1.165) is 33.8 Å². The molecule has 1 aromatic heterocycles. The number of methoxy groups -OCH3 is 1. The van der Waals surface area contributed by atoms with Crippen molar-refractivity contribution in [1.82, 2.24) is 9.78 Å². The topological polar surface area (TPSA) is 65.4 Å². The van der Waals surface area contributed by atoms with Gasteiger partial charge in [-0.2, -0.15) is 5.10 Å². The van der Waals surface area contributed by atoms with Crippen LogP contribution in [0.25, 0.3) is 6.08 Å². The van der Waals surface area contributed by atoms with Crippen LogP contribution in [-0.2, 0) is 17.9 Å². The number of hydrogen-bond acceptors (Lipinski definition) is 4. The Labute approximate surface area is 209 Å². The number of carbonyl (C=O) groups excluding carboxylic acids is 1. The third-order valence-corrected chi connectivity index (χ3v) is 5.67. The van der Waals surface area contributed by atoms with E-state index in [1.807, 2.05) is 73.7 Å². The lowest BCUT2D eigenvalue weighted by molar-refractivity contribution is -0.111. The second-order valence-electron chi connectivity index (χ2n) is 7.99. The van der Waals surface area contributed by atoms with Crippen LogP contribution in [-0.4, -0.2) is 22.8 Å². The van der Waals surface area contributed by atoms with Gasteiger partial charge in [-0.1, -0.05) is 48.0 Å². The first-order valence-electron chi connectivity index (χ1n) is 11.1. The number of amides is 1. The SMILES string of the molecule is COc1ccc(/C=C/C(=O)Nc2ccn(Cc3ccccc3Cl)n2)cc1COc1cccc(C)c1. The maximum atomic E-state index is 12.4. The van der Waals surface area contributed by atoms with Crippen molar-refractivity contribution in [1.29, 1.82) is 0 Å². The van der Waals surface area contributed by atoms with Gasteiger partial charge in [0.2, 0.25) is 5.91 Å². The zero-order valence-electron chi connectivity index (χ0n) is 19.6. The highest BCUT2D eigenvalue weighted by Gasteiger charge is 2.07. The molecule has 4 aromatic rings. The molecule has 6 nitrogen and oxygen atoms in total. The van der Waals surface area contributed by atoms with Crippen molar-refractivity contribution in [2.45, 2.75) is 20.1 Å². The van der Waals surface area contributed by atoms with Crippen molar-refractivity contribution in [3.8, 4) is 11.5 Å². The van der Waals surface area contributed by atoms with E-state index in [-0.39, 0.29) is 5.91 Å². The van der Waals surface area contributed by atoms with E-state index in [2.05, 4.69) is 10.4 Å². The molecular formula is C28H26ClN3O3. The molecule has 4 rings (SSSR count). The van der Waals surface area contributed by atoms with Gasteiger partial charge < -0.3 is 14.8 Å². The fourth-order valence-corrected chi connectivity index (χ4v) is 3.73. The normalized spacial score (nSPS) is 10.9. The molecule has 3 aromatic carbocycles. The second kappa shape index (κ2) is 11.4. The maximum Gasteiger partial charge on any atom is 0.249 e. The predicted molar refractivity (Wildman–Crippen MR) is 139 cm³/mol. The summed E-state index contributed by atoms with van der Waals surface area (Å²) >= 11 is 6.22. The van der Waals surface area contributed by atoms with Crippen LogP contribution in [0.1, 0.15) is 22.3 Å². The highest BCUT2D eigenvalue weighted by atomic mass is 35.5. The van der Waals surface area contributed by atoms with Gasteiger partial charge in [-0.15, -0.1) is 0 Å². The molecule has 0 bridgehead atoms. The van der Waals surface area contributed by atoms with E-state index < -0.39 is 0 Å². The lowest BCUT2D eigenvalue weighted by Gasteiger charge is -2.11. The molecule has 0 unspecified atom stereocenters. The van der Waals surface area contributed by atoms with Gasteiger partial charge in [-0.3, -0.25) is 9.48 Å². The Balaban J connectivity index is 1.37. The van der Waals surface area contributed by atoms with Crippen molar-refractivity contribution in [2.75, 3.05) is 12.4 Å². The lowest BCUT2D eigenvalue weighted by atomic mass is 10.1. The summed E-state index contributed by atoms with van der Waals surface area (Å²) in [6, 6.07) is 22.9. The van der Waals surface area contributed by atoms with Crippen LogP contribution in [0.4, 0.5) is 5.82 Å². The molecule has 7 heteroatoms. The average Bonchev–Trinajstić information content (AvgIpc) is 3.29. The van der Waals surface area contributed by atoms with Gasteiger partial charge in [0.25, 0.3) is 0 Å². The van der Waals surface area contributed by atoms with E-state index in [9.17, 15) is 4.79 Å². The van der Waals surface area contributed by atoms with Crippen molar-refractivity contribution in [3.63, 3.8) is 0 Å². The molecule has 178 valence electrons. The fourth-order valence-electron chi connectivity index (χ4n) is 3.54. The third-order valence-electron chi connectivity index (χ3n) is 5.30. The van der Waals surface area contributed by atoms with Crippen LogP contribution in [0.5, 0.6) is 11.5 Å². The Morgan fingerprint density at radius 3 is 2.71 bits per heavy atom. The minimum atomic E-state index is -0.277. The zero-order chi connectivity index (χ0) is 24.6. The molecule has 1 heterocycles. The van der Waals surface area contributed by atoms with Gasteiger partial charge in [0.05, 0.1) is 13.7 Å². The molecule has 0 radical (unpaired) electrons. The Bertz CT molecular complexity index is 1350. The standard InChI is InChI=1S/C28H26ClN3O3/c1-20-6-5-8-24(16-20)35-19-23-17-21(10-12-26(23)34-2)11-13-28(33)30-27-14-15-32(31-27)18-22-7-3-4-9-25(22)29/h3-17H,18-19H2,1-2H3,(H,30,31,33)/b13-11+. The number of hydrogen-bond donors (Lipinski definition) is 1. The number of aryl methyl sites for hydroxylation is 1. The first kappa shape index (κ1) is 24.1. The van der Waals surface area contributed by atoms with Crippen molar-refractivity contribution < 1.29 is 14.3 Å². The highest BCUT2D eigenvalue weighted by molar-refractivity contribution is 6.31. The smallest absolute Gasteiger partial charge is 0.249 e. The van der Waals surface area contributed by atoms with Gasteiger partial charge in [0, 0.05) is 28.9 Å². The number of carbonyl (C=O) groups is 1. The van der Waals surface area contributed by atoms with E-state index in [4.69, 9.17) is 21.1 Å². The predicted octanol–water partition coefficient (Wildman–Crippen LogP) is 6.13. The number of rotatable bonds is 9. The minimum absolute atomic E-state index is 0.277. The molecule has 0 saturated heterocycles. The van der Waals surface area contributed by atoms with Crippen LogP contribution >= 0.6 is 11.6 Å². The minimum Gasteiger partial charge on any atom is -0.496 e. The summed E-state index contributed by atoms with van der Waals surface area (Å²) in [6.45, 7) is 2.89. The summed E-state index contributed by atoms with van der Waals surface area (Å²) in [4.78, 5) is 12.4. The van der Waals surface area contributed by atoms with Gasteiger partial charge >= 0.3 is 0 Å². The first-order valence-corrected chi connectivity index (χ1v) is 11.5. The Kier molecular flexibility index (Phi) is 7.85. The quantitative estimate of drug-likeness (QED) is 0.288. The Hall–Kier alpha value is -4.03. The number of anilines is 1. The number of nitrogens with zero attached hydrogens (tertiary/aromatic N) is 2. The van der Waals surface area contributed by atoms with Crippen LogP contribution in [0.3, 0.4) is 0 Å². The molecule has 1 N–H and O–H groups in total. The van der Waals surface area contributed by atoms with Gasteiger partial charge in [-0.05, 0) is 60.0 Å². The summed E-state index contributed by atoms with van der Waals surface area (Å²) in [5.41, 5.74) is 3.82. The molecule has 0 aliphatic rings. The Morgan fingerprint density at radius 1 is 1.06 bits per heavy atom.